The van der Waals surface area contributed by atoms with E-state index in [4.69, 9.17) is 4.74 Å². The second-order valence-electron chi connectivity index (χ2n) is 7.60. The van der Waals surface area contributed by atoms with Crippen molar-refractivity contribution in [3.63, 3.8) is 0 Å². The van der Waals surface area contributed by atoms with Gasteiger partial charge in [0, 0.05) is 13.1 Å². The van der Waals surface area contributed by atoms with Crippen molar-refractivity contribution in [1.29, 1.82) is 0 Å². The largest absolute Gasteiger partial charge is 0.484 e. The number of carbonyl (C=O) groups is 1. The van der Waals surface area contributed by atoms with Gasteiger partial charge in [0.05, 0.1) is 0 Å². The Hall–Kier alpha value is -1.55. The molecule has 1 N–H and O–H groups in total. The number of likely N-dealkylation sites (tertiary alicyclic amines) is 1. The predicted octanol–water partition coefficient (Wildman–Crippen LogP) is 2.96. The van der Waals surface area contributed by atoms with Crippen LogP contribution in [0.25, 0.3) is 0 Å². The second-order valence-corrected chi connectivity index (χ2v) is 7.60. The lowest BCUT2D eigenvalue weighted by Gasteiger charge is -2.21. The first-order valence-corrected chi connectivity index (χ1v) is 9.26. The third-order valence-electron chi connectivity index (χ3n) is 5.60. The Labute approximate surface area is 145 Å². The maximum Gasteiger partial charge on any atom is 0.260 e. The SMILES string of the molecule is Cc1cc(OCC(=O)N2CC[C@@H]3CNC[C@@H]3CC2)ccc1C(C)C. The molecular weight excluding hydrogens is 300 g/mol. The van der Waals surface area contributed by atoms with E-state index in [1.54, 1.807) is 0 Å². The van der Waals surface area contributed by atoms with Crippen LogP contribution in [0, 0.1) is 18.8 Å². The van der Waals surface area contributed by atoms with Gasteiger partial charge in [-0.1, -0.05) is 19.9 Å². The molecule has 132 valence electrons. The normalized spacial score (nSPS) is 23.9. The minimum atomic E-state index is 0.119. The molecule has 1 amide bonds. The number of benzene rings is 1. The first-order valence-electron chi connectivity index (χ1n) is 9.26. The van der Waals surface area contributed by atoms with Crippen LogP contribution in [0.15, 0.2) is 18.2 Å². The highest BCUT2D eigenvalue weighted by Crippen LogP contribution is 2.27. The van der Waals surface area contributed by atoms with Gasteiger partial charge in [0.25, 0.3) is 5.91 Å². The minimum absolute atomic E-state index is 0.119. The monoisotopic (exact) mass is 330 g/mol. The molecule has 2 saturated heterocycles. The highest BCUT2D eigenvalue weighted by Gasteiger charge is 2.31. The summed E-state index contributed by atoms with van der Waals surface area (Å²) in [6, 6.07) is 6.13. The number of hydrogen-bond donors (Lipinski definition) is 1. The van der Waals surface area contributed by atoms with Crippen LogP contribution in [0.3, 0.4) is 0 Å². The fourth-order valence-electron chi connectivity index (χ4n) is 4.09. The molecule has 4 heteroatoms. The van der Waals surface area contributed by atoms with Gasteiger partial charge in [-0.05, 0) is 73.9 Å². The van der Waals surface area contributed by atoms with Gasteiger partial charge in [-0.15, -0.1) is 0 Å². The molecule has 2 heterocycles. The zero-order chi connectivity index (χ0) is 17.1. The van der Waals surface area contributed by atoms with E-state index >= 15 is 0 Å². The smallest absolute Gasteiger partial charge is 0.260 e. The summed E-state index contributed by atoms with van der Waals surface area (Å²) in [5, 5.41) is 3.47. The van der Waals surface area contributed by atoms with Crippen LogP contribution in [0.5, 0.6) is 5.75 Å². The molecule has 0 bridgehead atoms. The zero-order valence-corrected chi connectivity index (χ0v) is 15.2. The van der Waals surface area contributed by atoms with Crippen LogP contribution in [-0.4, -0.2) is 43.6 Å². The van der Waals surface area contributed by atoms with Crippen molar-refractivity contribution in [3.8, 4) is 5.75 Å². The molecule has 2 fully saturated rings. The Morgan fingerprint density at radius 1 is 1.25 bits per heavy atom. The van der Waals surface area contributed by atoms with Gasteiger partial charge in [-0.25, -0.2) is 0 Å². The van der Waals surface area contributed by atoms with E-state index in [0.717, 1.165) is 56.6 Å². The molecule has 2 atom stereocenters. The summed E-state index contributed by atoms with van der Waals surface area (Å²) in [6.45, 7) is 10.6. The summed E-state index contributed by atoms with van der Waals surface area (Å²) in [4.78, 5) is 14.5. The molecule has 1 aromatic rings. The van der Waals surface area contributed by atoms with E-state index in [1.165, 1.54) is 11.1 Å². The number of carbonyl (C=O) groups excluding carboxylic acids is 1. The number of fused-ring (bicyclic) bond motifs is 1. The average Bonchev–Trinajstić information content (AvgIpc) is 2.91. The zero-order valence-electron chi connectivity index (χ0n) is 15.2. The predicted molar refractivity (Wildman–Crippen MR) is 96.4 cm³/mol. The Morgan fingerprint density at radius 2 is 1.92 bits per heavy atom. The summed E-state index contributed by atoms with van der Waals surface area (Å²) < 4.78 is 5.77. The van der Waals surface area contributed by atoms with Gasteiger partial charge in [-0.3, -0.25) is 4.79 Å². The fraction of sp³-hybridized carbons (Fsp3) is 0.650. The molecule has 0 aliphatic carbocycles. The van der Waals surface area contributed by atoms with Crippen molar-refractivity contribution in [2.45, 2.75) is 39.5 Å². The standard InChI is InChI=1S/C20H30N2O2/c1-14(2)19-5-4-18(10-15(19)3)24-13-20(23)22-8-6-16-11-21-12-17(16)7-9-22/h4-5,10,14,16-17,21H,6-9,11-13H2,1-3H3/t16-,17+. The average molecular weight is 330 g/mol. The third kappa shape index (κ3) is 3.92. The lowest BCUT2D eigenvalue weighted by molar-refractivity contribution is -0.133. The highest BCUT2D eigenvalue weighted by molar-refractivity contribution is 5.77. The summed E-state index contributed by atoms with van der Waals surface area (Å²) >= 11 is 0. The van der Waals surface area contributed by atoms with Gasteiger partial charge in [-0.2, -0.15) is 0 Å². The quantitative estimate of drug-likeness (QED) is 0.923. The molecule has 0 aromatic heterocycles. The van der Waals surface area contributed by atoms with Crippen molar-refractivity contribution in [2.24, 2.45) is 11.8 Å². The minimum Gasteiger partial charge on any atom is -0.484 e. The Morgan fingerprint density at radius 3 is 2.50 bits per heavy atom. The van der Waals surface area contributed by atoms with E-state index in [2.05, 4.69) is 32.2 Å². The van der Waals surface area contributed by atoms with Crippen molar-refractivity contribution < 1.29 is 9.53 Å². The molecule has 2 aliphatic heterocycles. The van der Waals surface area contributed by atoms with E-state index in [1.807, 2.05) is 17.0 Å². The lowest BCUT2D eigenvalue weighted by Crippen LogP contribution is -2.36. The summed E-state index contributed by atoms with van der Waals surface area (Å²) in [6.07, 6.45) is 2.23. The van der Waals surface area contributed by atoms with E-state index in [0.29, 0.717) is 5.92 Å². The van der Waals surface area contributed by atoms with Crippen molar-refractivity contribution in [3.05, 3.63) is 29.3 Å². The Balaban J connectivity index is 1.53. The van der Waals surface area contributed by atoms with Crippen LogP contribution in [0.4, 0.5) is 0 Å². The Bertz CT molecular complexity index is 571. The van der Waals surface area contributed by atoms with Gasteiger partial charge < -0.3 is 15.0 Å². The number of rotatable bonds is 4. The van der Waals surface area contributed by atoms with Crippen LogP contribution in [0.2, 0.25) is 0 Å². The molecule has 3 rings (SSSR count). The molecule has 0 unspecified atom stereocenters. The number of amides is 1. The molecular formula is C20H30N2O2. The first kappa shape index (κ1) is 17.3. The molecule has 0 spiro atoms. The maximum absolute atomic E-state index is 12.5. The van der Waals surface area contributed by atoms with Crippen LogP contribution in [-0.2, 0) is 4.79 Å². The topological polar surface area (TPSA) is 41.6 Å². The summed E-state index contributed by atoms with van der Waals surface area (Å²) in [7, 11) is 0. The van der Waals surface area contributed by atoms with Gasteiger partial charge in [0.15, 0.2) is 6.61 Å². The van der Waals surface area contributed by atoms with Gasteiger partial charge in [0.2, 0.25) is 0 Å². The van der Waals surface area contributed by atoms with Crippen molar-refractivity contribution in [1.82, 2.24) is 10.2 Å². The first-order chi connectivity index (χ1) is 11.5. The molecule has 2 aliphatic rings. The van der Waals surface area contributed by atoms with Crippen molar-refractivity contribution in [2.75, 3.05) is 32.8 Å². The molecule has 1 aromatic carbocycles. The number of nitrogens with one attached hydrogen (secondary N) is 1. The van der Waals surface area contributed by atoms with Crippen LogP contribution < -0.4 is 10.1 Å². The number of nitrogens with zero attached hydrogens (tertiary/aromatic N) is 1. The van der Waals surface area contributed by atoms with Gasteiger partial charge >= 0.3 is 0 Å². The third-order valence-corrected chi connectivity index (χ3v) is 5.60. The number of ether oxygens (including phenoxy) is 1. The maximum atomic E-state index is 12.5. The Kier molecular flexibility index (Phi) is 5.44. The molecule has 24 heavy (non-hydrogen) atoms. The summed E-state index contributed by atoms with van der Waals surface area (Å²) in [5.74, 6) is 2.91. The number of hydrogen-bond acceptors (Lipinski definition) is 3. The highest BCUT2D eigenvalue weighted by atomic mass is 16.5. The second kappa shape index (κ2) is 7.56. The molecule has 4 nitrogen and oxygen atoms in total. The van der Waals surface area contributed by atoms with Crippen molar-refractivity contribution >= 4 is 5.91 Å². The molecule has 0 saturated carbocycles. The van der Waals surface area contributed by atoms with Crippen LogP contribution in [0.1, 0.15) is 43.7 Å². The van der Waals surface area contributed by atoms with E-state index in [9.17, 15) is 4.79 Å². The summed E-state index contributed by atoms with van der Waals surface area (Å²) in [5.41, 5.74) is 2.56. The van der Waals surface area contributed by atoms with Crippen LogP contribution >= 0.6 is 0 Å². The van der Waals surface area contributed by atoms with E-state index < -0.39 is 0 Å². The van der Waals surface area contributed by atoms with Gasteiger partial charge in [0.1, 0.15) is 5.75 Å². The number of aryl methyl sites for hydroxylation is 1. The lowest BCUT2D eigenvalue weighted by atomic mass is 9.92. The molecule has 0 radical (unpaired) electrons. The van der Waals surface area contributed by atoms with E-state index in [-0.39, 0.29) is 12.5 Å². The fourth-order valence-corrected chi connectivity index (χ4v) is 4.09.